The van der Waals surface area contributed by atoms with Gasteiger partial charge in [-0.05, 0) is 49.6 Å². The number of amides is 3. The molecule has 10 heteroatoms. The van der Waals surface area contributed by atoms with E-state index in [9.17, 15) is 14.4 Å². The molecule has 2 aliphatic heterocycles. The lowest BCUT2D eigenvalue weighted by Crippen LogP contribution is -2.44. The average Bonchev–Trinajstić information content (AvgIpc) is 3.51. The number of carbonyl (C=O) groups is 3. The minimum atomic E-state index is -0.348. The van der Waals surface area contributed by atoms with Gasteiger partial charge in [-0.15, -0.1) is 10.2 Å². The van der Waals surface area contributed by atoms with E-state index < -0.39 is 0 Å². The molecule has 1 N–H and O–H groups in total. The Hall–Kier alpha value is -3.30. The summed E-state index contributed by atoms with van der Waals surface area (Å²) in [6.45, 7) is 3.41. The van der Waals surface area contributed by atoms with Crippen molar-refractivity contribution in [1.82, 2.24) is 15.1 Å². The maximum Gasteiger partial charge on any atom is 0.229 e. The Bertz CT molecular complexity index is 1290. The summed E-state index contributed by atoms with van der Waals surface area (Å²) >= 11 is 7.30. The van der Waals surface area contributed by atoms with Crippen LogP contribution in [-0.2, 0) is 20.8 Å². The molecule has 192 valence electrons. The lowest BCUT2D eigenvalue weighted by atomic mass is 9.94. The predicted molar refractivity (Wildman–Crippen MR) is 144 cm³/mol. The number of anilines is 2. The third-order valence-corrected chi connectivity index (χ3v) is 8.05. The lowest BCUT2D eigenvalue weighted by Gasteiger charge is -2.32. The van der Waals surface area contributed by atoms with Gasteiger partial charge in [-0.3, -0.25) is 14.4 Å². The first-order valence-electron chi connectivity index (χ1n) is 12.4. The number of halogens is 1. The molecule has 1 atom stereocenters. The molecule has 1 unspecified atom stereocenters. The second-order valence-corrected chi connectivity index (χ2v) is 11.1. The molecule has 2 fully saturated rings. The van der Waals surface area contributed by atoms with E-state index in [-0.39, 0.29) is 36.0 Å². The molecule has 3 heterocycles. The van der Waals surface area contributed by atoms with Crippen LogP contribution in [0, 0.1) is 18.8 Å². The van der Waals surface area contributed by atoms with Crippen molar-refractivity contribution in [3.8, 4) is 0 Å². The molecular formula is C27H28ClN5O3S. The van der Waals surface area contributed by atoms with Gasteiger partial charge in [0.2, 0.25) is 22.9 Å². The third-order valence-electron chi connectivity index (χ3n) is 6.96. The van der Waals surface area contributed by atoms with Gasteiger partial charge in [-0.25, -0.2) is 0 Å². The van der Waals surface area contributed by atoms with Crippen LogP contribution in [0.5, 0.6) is 0 Å². The zero-order chi connectivity index (χ0) is 25.9. The van der Waals surface area contributed by atoms with Crippen molar-refractivity contribution in [2.75, 3.05) is 29.9 Å². The van der Waals surface area contributed by atoms with Gasteiger partial charge in [0.1, 0.15) is 5.01 Å². The molecule has 8 nitrogen and oxygen atoms in total. The quantitative estimate of drug-likeness (QED) is 0.505. The largest absolute Gasteiger partial charge is 0.342 e. The fourth-order valence-electron chi connectivity index (χ4n) is 4.83. The normalized spacial score (nSPS) is 18.3. The van der Waals surface area contributed by atoms with Crippen molar-refractivity contribution in [2.24, 2.45) is 11.8 Å². The maximum atomic E-state index is 13.1. The topological polar surface area (TPSA) is 95.5 Å². The first kappa shape index (κ1) is 25.4. The molecule has 2 saturated heterocycles. The van der Waals surface area contributed by atoms with Gasteiger partial charge < -0.3 is 15.1 Å². The van der Waals surface area contributed by atoms with E-state index in [1.54, 1.807) is 9.80 Å². The number of hydrogen-bond acceptors (Lipinski definition) is 6. The Kier molecular flexibility index (Phi) is 7.53. The number of rotatable bonds is 6. The van der Waals surface area contributed by atoms with Crippen molar-refractivity contribution in [1.29, 1.82) is 0 Å². The van der Waals surface area contributed by atoms with Gasteiger partial charge in [0.15, 0.2) is 0 Å². The van der Waals surface area contributed by atoms with Gasteiger partial charge in [-0.2, -0.15) is 0 Å². The number of aryl methyl sites for hydroxylation is 1. The maximum absolute atomic E-state index is 13.1. The van der Waals surface area contributed by atoms with E-state index in [2.05, 4.69) is 15.5 Å². The van der Waals surface area contributed by atoms with Crippen LogP contribution in [0.2, 0.25) is 5.02 Å². The fraction of sp³-hybridized carbons (Fsp3) is 0.370. The highest BCUT2D eigenvalue weighted by molar-refractivity contribution is 7.15. The summed E-state index contributed by atoms with van der Waals surface area (Å²) in [4.78, 5) is 42.0. The number of aromatic nitrogens is 2. The number of hydrogen-bond donors (Lipinski definition) is 1. The van der Waals surface area contributed by atoms with Gasteiger partial charge in [0, 0.05) is 49.1 Å². The zero-order valence-corrected chi connectivity index (χ0v) is 22.1. The summed E-state index contributed by atoms with van der Waals surface area (Å²) in [5.74, 6) is -0.661. The van der Waals surface area contributed by atoms with Crippen LogP contribution in [0.3, 0.4) is 0 Å². The first-order valence-corrected chi connectivity index (χ1v) is 13.6. The molecule has 5 rings (SSSR count). The molecule has 0 radical (unpaired) electrons. The minimum absolute atomic E-state index is 0.00205. The van der Waals surface area contributed by atoms with Gasteiger partial charge in [0.05, 0.1) is 5.92 Å². The number of benzene rings is 2. The fourth-order valence-corrected chi connectivity index (χ4v) is 5.73. The summed E-state index contributed by atoms with van der Waals surface area (Å²) in [5, 5.41) is 13.2. The summed E-state index contributed by atoms with van der Waals surface area (Å²) in [6.07, 6.45) is 2.01. The van der Waals surface area contributed by atoms with Crippen molar-refractivity contribution < 1.29 is 14.4 Å². The van der Waals surface area contributed by atoms with E-state index in [0.717, 1.165) is 21.8 Å². The Morgan fingerprint density at radius 3 is 2.43 bits per heavy atom. The highest BCUT2D eigenvalue weighted by atomic mass is 35.5. The van der Waals surface area contributed by atoms with Crippen LogP contribution >= 0.6 is 22.9 Å². The molecule has 0 aliphatic carbocycles. The molecule has 2 aliphatic rings. The molecule has 1 aromatic heterocycles. The molecule has 2 aromatic carbocycles. The van der Waals surface area contributed by atoms with E-state index in [1.165, 1.54) is 11.3 Å². The summed E-state index contributed by atoms with van der Waals surface area (Å²) in [5.41, 5.74) is 3.02. The molecule has 37 heavy (non-hydrogen) atoms. The molecule has 3 amide bonds. The number of piperidine rings is 1. The second kappa shape index (κ2) is 11.0. The van der Waals surface area contributed by atoms with Crippen molar-refractivity contribution >= 4 is 51.5 Å². The van der Waals surface area contributed by atoms with Crippen molar-refractivity contribution in [2.45, 2.75) is 32.6 Å². The average molecular weight is 538 g/mol. The third kappa shape index (κ3) is 5.99. The van der Waals surface area contributed by atoms with Crippen LogP contribution in [0.1, 0.15) is 35.4 Å². The van der Waals surface area contributed by atoms with E-state index in [4.69, 9.17) is 11.6 Å². The van der Waals surface area contributed by atoms with E-state index in [0.29, 0.717) is 49.1 Å². The smallest absolute Gasteiger partial charge is 0.229 e. The van der Waals surface area contributed by atoms with E-state index >= 15 is 0 Å². The van der Waals surface area contributed by atoms with E-state index in [1.807, 2.05) is 55.5 Å². The number of nitrogens with zero attached hydrogens (tertiary/aromatic N) is 4. The number of nitrogens with one attached hydrogen (secondary N) is 1. The highest BCUT2D eigenvalue weighted by Gasteiger charge is 2.38. The van der Waals surface area contributed by atoms with Crippen molar-refractivity contribution in [3.05, 3.63) is 69.7 Å². The standard InChI is InChI=1S/C27H28ClN5O3S/c1-17-2-8-22(9-3-17)33-16-20(15-24(33)34)26(36)32-12-10-19(11-13-32)25(35)29-27-31-30-23(37-27)14-18-4-6-21(28)7-5-18/h2-9,19-20H,10-16H2,1H3,(H,29,31,35). The number of likely N-dealkylation sites (tertiary alicyclic amines) is 1. The molecule has 3 aromatic rings. The van der Waals surface area contributed by atoms with Crippen LogP contribution in [0.4, 0.5) is 10.8 Å². The summed E-state index contributed by atoms with van der Waals surface area (Å²) in [6, 6.07) is 15.3. The van der Waals surface area contributed by atoms with Crippen LogP contribution in [0.15, 0.2) is 48.5 Å². The van der Waals surface area contributed by atoms with Crippen LogP contribution < -0.4 is 10.2 Å². The SMILES string of the molecule is Cc1ccc(N2CC(C(=O)N3CCC(C(=O)Nc4nnc(Cc5ccc(Cl)cc5)s4)CC3)CC2=O)cc1. The number of carbonyl (C=O) groups excluding carboxylic acids is 3. The Labute approximate surface area is 224 Å². The molecule has 0 saturated carbocycles. The lowest BCUT2D eigenvalue weighted by molar-refractivity contribution is -0.138. The minimum Gasteiger partial charge on any atom is -0.342 e. The van der Waals surface area contributed by atoms with Gasteiger partial charge >= 0.3 is 0 Å². The Morgan fingerprint density at radius 2 is 1.73 bits per heavy atom. The summed E-state index contributed by atoms with van der Waals surface area (Å²) < 4.78 is 0. The summed E-state index contributed by atoms with van der Waals surface area (Å²) in [7, 11) is 0. The van der Waals surface area contributed by atoms with Gasteiger partial charge in [0.25, 0.3) is 0 Å². The van der Waals surface area contributed by atoms with Gasteiger partial charge in [-0.1, -0.05) is 52.8 Å². The van der Waals surface area contributed by atoms with Crippen LogP contribution in [0.25, 0.3) is 0 Å². The second-order valence-electron chi connectivity index (χ2n) is 9.63. The molecular weight excluding hydrogens is 510 g/mol. The first-order chi connectivity index (χ1) is 17.9. The van der Waals surface area contributed by atoms with Crippen molar-refractivity contribution in [3.63, 3.8) is 0 Å². The van der Waals surface area contributed by atoms with Crippen LogP contribution in [-0.4, -0.2) is 52.5 Å². The molecule has 0 bridgehead atoms. The Morgan fingerprint density at radius 1 is 1.03 bits per heavy atom. The highest BCUT2D eigenvalue weighted by Crippen LogP contribution is 2.29. The predicted octanol–water partition coefficient (Wildman–Crippen LogP) is 4.32. The zero-order valence-electron chi connectivity index (χ0n) is 20.5. The Balaban J connectivity index is 1.10. The monoisotopic (exact) mass is 537 g/mol. The molecule has 0 spiro atoms.